The molecule has 20 heavy (non-hydrogen) atoms. The highest BCUT2D eigenvalue weighted by molar-refractivity contribution is 7.89. The lowest BCUT2D eigenvalue weighted by atomic mass is 10.1. The fourth-order valence-electron chi connectivity index (χ4n) is 1.53. The highest BCUT2D eigenvalue weighted by Gasteiger charge is 2.21. The van der Waals surface area contributed by atoms with Gasteiger partial charge in [0.2, 0.25) is 10.0 Å². The smallest absolute Gasteiger partial charge is 0.211 e. The van der Waals surface area contributed by atoms with E-state index in [2.05, 4.69) is 4.72 Å². The first-order chi connectivity index (χ1) is 9.29. The molecule has 114 valence electrons. The molecule has 0 aromatic heterocycles. The van der Waals surface area contributed by atoms with Gasteiger partial charge in [-0.2, -0.15) is 0 Å². The second-order valence-electron chi connectivity index (χ2n) is 4.47. The van der Waals surface area contributed by atoms with Crippen molar-refractivity contribution in [1.82, 2.24) is 4.72 Å². The standard InChI is InChI=1S/C12H15Cl3FNO2S/c1-8(7-13)3-2-6-17-20(18,19)10-5-4-9(14)12(16)11(10)15/h4-5,8,17H,2-3,6-7H2,1H3. The van der Waals surface area contributed by atoms with Crippen LogP contribution in [0.4, 0.5) is 4.39 Å². The molecular weight excluding hydrogens is 348 g/mol. The molecular formula is C12H15Cl3FNO2S. The van der Waals surface area contributed by atoms with Gasteiger partial charge in [-0.05, 0) is 30.9 Å². The first kappa shape index (κ1) is 18.0. The molecule has 0 saturated carbocycles. The van der Waals surface area contributed by atoms with Crippen LogP contribution in [0.25, 0.3) is 0 Å². The van der Waals surface area contributed by atoms with Crippen molar-refractivity contribution in [3.63, 3.8) is 0 Å². The van der Waals surface area contributed by atoms with Crippen LogP contribution in [-0.4, -0.2) is 20.8 Å². The molecule has 1 aromatic carbocycles. The Morgan fingerprint density at radius 3 is 2.60 bits per heavy atom. The van der Waals surface area contributed by atoms with Gasteiger partial charge in [0, 0.05) is 12.4 Å². The van der Waals surface area contributed by atoms with Gasteiger partial charge >= 0.3 is 0 Å². The lowest BCUT2D eigenvalue weighted by molar-refractivity contribution is 0.542. The van der Waals surface area contributed by atoms with Crippen LogP contribution in [0.2, 0.25) is 10.0 Å². The summed E-state index contributed by atoms with van der Waals surface area (Å²) in [7, 11) is -3.85. The molecule has 8 heteroatoms. The van der Waals surface area contributed by atoms with Crippen LogP contribution in [0.3, 0.4) is 0 Å². The minimum atomic E-state index is -3.85. The number of sulfonamides is 1. The number of rotatable bonds is 7. The molecule has 1 rings (SSSR count). The number of hydrogen-bond donors (Lipinski definition) is 1. The number of hydrogen-bond acceptors (Lipinski definition) is 2. The topological polar surface area (TPSA) is 46.2 Å². The Kier molecular flexibility index (Phi) is 7.01. The maximum atomic E-state index is 13.5. The molecule has 1 aromatic rings. The van der Waals surface area contributed by atoms with Crippen LogP contribution in [0.1, 0.15) is 19.8 Å². The molecule has 0 bridgehead atoms. The fourth-order valence-corrected chi connectivity index (χ4v) is 3.50. The van der Waals surface area contributed by atoms with Gasteiger partial charge in [-0.3, -0.25) is 0 Å². The van der Waals surface area contributed by atoms with Crippen molar-refractivity contribution in [3.05, 3.63) is 28.0 Å². The van der Waals surface area contributed by atoms with E-state index in [0.29, 0.717) is 18.2 Å². The summed E-state index contributed by atoms with van der Waals surface area (Å²) < 4.78 is 39.9. The summed E-state index contributed by atoms with van der Waals surface area (Å²) in [4.78, 5) is -0.313. The molecule has 1 unspecified atom stereocenters. The first-order valence-corrected chi connectivity index (χ1v) is 8.76. The third-order valence-electron chi connectivity index (χ3n) is 2.72. The molecule has 0 aliphatic carbocycles. The van der Waals surface area contributed by atoms with Gasteiger partial charge in [-0.25, -0.2) is 17.5 Å². The zero-order chi connectivity index (χ0) is 15.3. The maximum absolute atomic E-state index is 13.5. The Morgan fingerprint density at radius 1 is 1.35 bits per heavy atom. The first-order valence-electron chi connectivity index (χ1n) is 5.98. The van der Waals surface area contributed by atoms with Gasteiger partial charge in [-0.1, -0.05) is 30.1 Å². The highest BCUT2D eigenvalue weighted by atomic mass is 35.5. The largest absolute Gasteiger partial charge is 0.242 e. The molecule has 0 aliphatic rings. The summed E-state index contributed by atoms with van der Waals surface area (Å²) in [5.74, 6) is -0.0919. The van der Waals surface area contributed by atoms with E-state index in [4.69, 9.17) is 34.8 Å². The van der Waals surface area contributed by atoms with Gasteiger partial charge in [0.05, 0.1) is 10.0 Å². The minimum absolute atomic E-state index is 0.218. The van der Waals surface area contributed by atoms with Crippen LogP contribution in [0, 0.1) is 11.7 Å². The quantitative estimate of drug-likeness (QED) is 0.451. The van der Waals surface area contributed by atoms with Gasteiger partial charge in [0.1, 0.15) is 4.90 Å². The van der Waals surface area contributed by atoms with E-state index in [1.165, 1.54) is 6.07 Å². The predicted octanol–water partition coefficient (Wildman–Crippen LogP) is 4.07. The van der Waals surface area contributed by atoms with Gasteiger partial charge in [0.15, 0.2) is 5.82 Å². The highest BCUT2D eigenvalue weighted by Crippen LogP contribution is 2.29. The summed E-state index contributed by atoms with van der Waals surface area (Å²) in [5, 5.41) is -0.719. The van der Waals surface area contributed by atoms with Crippen LogP contribution >= 0.6 is 34.8 Å². The summed E-state index contributed by atoms with van der Waals surface area (Å²) in [6, 6.07) is 2.34. The zero-order valence-electron chi connectivity index (χ0n) is 10.8. The van der Waals surface area contributed by atoms with Crippen molar-refractivity contribution in [2.45, 2.75) is 24.7 Å². The summed E-state index contributed by atoms with van der Waals surface area (Å²) >= 11 is 16.9. The average Bonchev–Trinajstić information content (AvgIpc) is 2.40. The van der Waals surface area contributed by atoms with E-state index in [0.717, 1.165) is 12.5 Å². The van der Waals surface area contributed by atoms with E-state index < -0.39 is 20.9 Å². The maximum Gasteiger partial charge on any atom is 0.242 e. The Morgan fingerprint density at radius 2 is 2.00 bits per heavy atom. The number of nitrogens with one attached hydrogen (secondary N) is 1. The van der Waals surface area contributed by atoms with E-state index in [1.54, 1.807) is 0 Å². The molecule has 1 N–H and O–H groups in total. The normalized spacial score (nSPS) is 13.4. The lowest BCUT2D eigenvalue weighted by Gasteiger charge is -2.10. The molecule has 0 saturated heterocycles. The van der Waals surface area contributed by atoms with E-state index >= 15 is 0 Å². The van der Waals surface area contributed by atoms with Crippen molar-refractivity contribution in [2.24, 2.45) is 5.92 Å². The SMILES string of the molecule is CC(CCl)CCCNS(=O)(=O)c1ccc(Cl)c(F)c1Cl. The Hall–Kier alpha value is -0.0700. The van der Waals surface area contributed by atoms with Crippen LogP contribution < -0.4 is 4.72 Å². The molecule has 1 atom stereocenters. The lowest BCUT2D eigenvalue weighted by Crippen LogP contribution is -2.25. The summed E-state index contributed by atoms with van der Waals surface area (Å²) in [6.07, 6.45) is 1.44. The second-order valence-corrected chi connectivity index (χ2v) is 7.30. The molecule has 0 fully saturated rings. The molecule has 0 amide bonds. The van der Waals surface area contributed by atoms with Crippen molar-refractivity contribution < 1.29 is 12.8 Å². The molecule has 3 nitrogen and oxygen atoms in total. The van der Waals surface area contributed by atoms with Crippen molar-refractivity contribution in [1.29, 1.82) is 0 Å². The Balaban J connectivity index is 2.73. The monoisotopic (exact) mass is 361 g/mol. The fraction of sp³-hybridized carbons (Fsp3) is 0.500. The van der Waals surface area contributed by atoms with Crippen LogP contribution in [0.5, 0.6) is 0 Å². The van der Waals surface area contributed by atoms with Gasteiger partial charge < -0.3 is 0 Å². The van der Waals surface area contributed by atoms with Crippen molar-refractivity contribution in [3.8, 4) is 0 Å². The van der Waals surface area contributed by atoms with E-state index in [1.807, 2.05) is 6.92 Å². The molecule has 0 radical (unpaired) electrons. The minimum Gasteiger partial charge on any atom is -0.211 e. The predicted molar refractivity (Wildman–Crippen MR) is 80.7 cm³/mol. The van der Waals surface area contributed by atoms with Crippen molar-refractivity contribution in [2.75, 3.05) is 12.4 Å². The number of alkyl halides is 1. The molecule has 0 aliphatic heterocycles. The van der Waals surface area contributed by atoms with Crippen molar-refractivity contribution >= 4 is 44.8 Å². The summed E-state index contributed by atoms with van der Waals surface area (Å²) in [6.45, 7) is 2.22. The second kappa shape index (κ2) is 7.80. The Labute approximate surface area is 133 Å². The average molecular weight is 363 g/mol. The van der Waals surface area contributed by atoms with Gasteiger partial charge in [0.25, 0.3) is 0 Å². The van der Waals surface area contributed by atoms with Crippen LogP contribution in [0.15, 0.2) is 17.0 Å². The summed E-state index contributed by atoms with van der Waals surface area (Å²) in [5.41, 5.74) is 0. The third kappa shape index (κ3) is 4.74. The third-order valence-corrected chi connectivity index (χ3v) is 5.52. The molecule has 0 heterocycles. The number of halogens is 4. The van der Waals surface area contributed by atoms with Crippen LogP contribution in [-0.2, 0) is 10.0 Å². The molecule has 0 spiro atoms. The van der Waals surface area contributed by atoms with Gasteiger partial charge in [-0.15, -0.1) is 11.6 Å². The van der Waals surface area contributed by atoms with E-state index in [-0.39, 0.29) is 16.5 Å². The number of benzene rings is 1. The Bertz CT molecular complexity index is 566. The van der Waals surface area contributed by atoms with E-state index in [9.17, 15) is 12.8 Å². The zero-order valence-corrected chi connectivity index (χ0v) is 13.9.